The highest BCUT2D eigenvalue weighted by Crippen LogP contribution is 2.40. The zero-order valence-corrected chi connectivity index (χ0v) is 67.1. The Morgan fingerprint density at radius 1 is 0.156 bits per heavy atom. The Hall–Kier alpha value is -1.38. The van der Waals surface area contributed by atoms with Gasteiger partial charge in [0, 0.05) is 0 Å². The van der Waals surface area contributed by atoms with Crippen molar-refractivity contribution in [3.05, 3.63) is 17.7 Å². The van der Waals surface area contributed by atoms with Crippen molar-refractivity contribution in [1.29, 1.82) is 0 Å². The van der Waals surface area contributed by atoms with Gasteiger partial charge in [0.05, 0.1) is 19.8 Å². The summed E-state index contributed by atoms with van der Waals surface area (Å²) in [6.07, 6.45) is 113. The van der Waals surface area contributed by atoms with E-state index in [-0.39, 0.29) is 0 Å². The van der Waals surface area contributed by atoms with Gasteiger partial charge >= 0.3 is 0 Å². The lowest BCUT2D eigenvalue weighted by Gasteiger charge is -2.19. The maximum absolute atomic E-state index is 6.73. The van der Waals surface area contributed by atoms with Gasteiger partial charge in [-0.3, -0.25) is 0 Å². The van der Waals surface area contributed by atoms with Crippen molar-refractivity contribution in [2.24, 2.45) is 0 Å². The average molecular weight is 1350 g/mol. The minimum atomic E-state index is 0.748. The maximum atomic E-state index is 6.73. The summed E-state index contributed by atoms with van der Waals surface area (Å²) in [7, 11) is 0. The summed E-state index contributed by atoms with van der Waals surface area (Å²) in [6, 6.07) is 4.57. The molecule has 1 aromatic carbocycles. The van der Waals surface area contributed by atoms with Crippen LogP contribution in [0.25, 0.3) is 0 Å². The van der Waals surface area contributed by atoms with Crippen LogP contribution in [0.1, 0.15) is 541 Å². The molecular weight excluding hydrogens is 1170 g/mol. The van der Waals surface area contributed by atoms with Crippen molar-refractivity contribution in [2.75, 3.05) is 19.8 Å². The molecule has 0 radical (unpaired) electrons. The number of benzene rings is 1. The molecule has 0 aliphatic rings. The lowest BCUT2D eigenvalue weighted by molar-refractivity contribution is 0.234. The van der Waals surface area contributed by atoms with Crippen molar-refractivity contribution < 1.29 is 14.2 Å². The molecule has 0 saturated heterocycles. The van der Waals surface area contributed by atoms with E-state index in [1.165, 1.54) is 487 Å². The fraction of sp³-hybridized carbons (Fsp3) is 0.935. The highest BCUT2D eigenvalue weighted by Gasteiger charge is 2.17. The first-order chi connectivity index (χ1) is 47.8. The molecule has 570 valence electrons. The lowest BCUT2D eigenvalue weighted by atomic mass is 10.0. The SMILES string of the molecule is CCCCCCCCCCCCCCCCCCCCCCCCCCCCOc1cc(CCC)cc(OCCCCCCCCCCCCCCCCCCCCCCCCCCCC)c1OCCCCCCCCCCCCCCCCCCCCCCCCCCCC. The Balaban J connectivity index is 2.33. The summed E-state index contributed by atoms with van der Waals surface area (Å²) < 4.78 is 20.1. The normalized spacial score (nSPS) is 11.7. The summed E-state index contributed by atoms with van der Waals surface area (Å²) in [5, 5.41) is 0. The predicted molar refractivity (Wildman–Crippen MR) is 434 cm³/mol. The minimum Gasteiger partial charge on any atom is -0.490 e. The largest absolute Gasteiger partial charge is 0.490 e. The minimum absolute atomic E-state index is 0.748. The van der Waals surface area contributed by atoms with Gasteiger partial charge in [-0.2, -0.15) is 0 Å². The van der Waals surface area contributed by atoms with Crippen molar-refractivity contribution in [3.8, 4) is 17.2 Å². The summed E-state index contributed by atoms with van der Waals surface area (Å²) >= 11 is 0. The van der Waals surface area contributed by atoms with E-state index in [4.69, 9.17) is 14.2 Å². The van der Waals surface area contributed by atoms with Gasteiger partial charge in [0.15, 0.2) is 11.5 Å². The van der Waals surface area contributed by atoms with E-state index in [0.29, 0.717) is 0 Å². The van der Waals surface area contributed by atoms with E-state index in [1.807, 2.05) is 0 Å². The molecular formula is C93H180O3. The number of hydrogen-bond acceptors (Lipinski definition) is 3. The Morgan fingerprint density at radius 3 is 0.438 bits per heavy atom. The van der Waals surface area contributed by atoms with Crippen molar-refractivity contribution in [1.82, 2.24) is 0 Å². The molecule has 1 aromatic rings. The van der Waals surface area contributed by atoms with Crippen LogP contribution in [0.3, 0.4) is 0 Å². The van der Waals surface area contributed by atoms with Gasteiger partial charge < -0.3 is 14.2 Å². The van der Waals surface area contributed by atoms with Crippen LogP contribution < -0.4 is 14.2 Å². The second-order valence-corrected chi connectivity index (χ2v) is 31.7. The maximum Gasteiger partial charge on any atom is 0.203 e. The van der Waals surface area contributed by atoms with E-state index in [2.05, 4.69) is 39.8 Å². The Morgan fingerprint density at radius 2 is 0.292 bits per heavy atom. The summed E-state index contributed by atoms with van der Waals surface area (Å²) in [5.41, 5.74) is 1.32. The third-order valence-corrected chi connectivity index (χ3v) is 21.9. The summed E-state index contributed by atoms with van der Waals surface area (Å²) in [4.78, 5) is 0. The van der Waals surface area contributed by atoms with Gasteiger partial charge in [0.1, 0.15) is 0 Å². The number of rotatable bonds is 86. The van der Waals surface area contributed by atoms with Crippen LogP contribution in [0.2, 0.25) is 0 Å². The van der Waals surface area contributed by atoms with Crippen LogP contribution in [-0.2, 0) is 6.42 Å². The summed E-state index contributed by atoms with van der Waals surface area (Å²) in [5.74, 6) is 2.73. The predicted octanol–water partition coefficient (Wildman–Crippen LogP) is 34.3. The number of unbranched alkanes of at least 4 members (excludes halogenated alkanes) is 75. The van der Waals surface area contributed by atoms with Crippen LogP contribution in [0.4, 0.5) is 0 Å². The molecule has 3 nitrogen and oxygen atoms in total. The van der Waals surface area contributed by atoms with Gasteiger partial charge in [0.25, 0.3) is 0 Å². The van der Waals surface area contributed by atoms with Crippen LogP contribution in [-0.4, -0.2) is 19.8 Å². The molecule has 96 heavy (non-hydrogen) atoms. The van der Waals surface area contributed by atoms with Crippen LogP contribution in [0.15, 0.2) is 12.1 Å². The van der Waals surface area contributed by atoms with Crippen LogP contribution in [0, 0.1) is 0 Å². The quantitative estimate of drug-likeness (QED) is 0.0609. The molecule has 0 bridgehead atoms. The Kier molecular flexibility index (Phi) is 79.7. The topological polar surface area (TPSA) is 27.7 Å². The first kappa shape index (κ1) is 92.6. The van der Waals surface area contributed by atoms with Gasteiger partial charge in [-0.1, -0.05) is 516 Å². The number of aryl methyl sites for hydroxylation is 1. The summed E-state index contributed by atoms with van der Waals surface area (Å²) in [6.45, 7) is 11.5. The molecule has 0 aliphatic carbocycles. The van der Waals surface area contributed by atoms with E-state index in [1.54, 1.807) is 0 Å². The molecule has 1 rings (SSSR count). The third-order valence-electron chi connectivity index (χ3n) is 21.9. The zero-order chi connectivity index (χ0) is 68.5. The molecule has 0 fully saturated rings. The molecule has 0 heterocycles. The molecule has 0 atom stereocenters. The second-order valence-electron chi connectivity index (χ2n) is 31.7. The molecule has 0 unspecified atom stereocenters. The second kappa shape index (κ2) is 82.6. The molecule has 0 spiro atoms. The van der Waals surface area contributed by atoms with Gasteiger partial charge in [-0.25, -0.2) is 0 Å². The van der Waals surface area contributed by atoms with Crippen LogP contribution in [0.5, 0.6) is 17.2 Å². The molecule has 0 N–H and O–H groups in total. The van der Waals surface area contributed by atoms with E-state index < -0.39 is 0 Å². The molecule has 0 amide bonds. The Bertz CT molecular complexity index is 1470. The van der Waals surface area contributed by atoms with E-state index in [9.17, 15) is 0 Å². The zero-order valence-electron chi connectivity index (χ0n) is 67.1. The molecule has 0 saturated carbocycles. The molecule has 3 heteroatoms. The third kappa shape index (κ3) is 71.0. The lowest BCUT2D eigenvalue weighted by Crippen LogP contribution is -2.07. The van der Waals surface area contributed by atoms with Crippen LogP contribution >= 0.6 is 0 Å². The van der Waals surface area contributed by atoms with Gasteiger partial charge in [0.2, 0.25) is 5.75 Å². The van der Waals surface area contributed by atoms with Crippen molar-refractivity contribution >= 4 is 0 Å². The first-order valence-corrected chi connectivity index (χ1v) is 45.8. The fourth-order valence-electron chi connectivity index (χ4n) is 15.2. The highest BCUT2D eigenvalue weighted by atomic mass is 16.5. The van der Waals surface area contributed by atoms with Crippen molar-refractivity contribution in [2.45, 2.75) is 541 Å². The van der Waals surface area contributed by atoms with Gasteiger partial charge in [-0.05, 0) is 43.4 Å². The first-order valence-electron chi connectivity index (χ1n) is 45.8. The number of hydrogen-bond donors (Lipinski definition) is 0. The standard InChI is InChI=1S/C93H180O3/c1-5-9-12-15-18-21-24-27-30-33-36-39-42-45-48-51-54-57-60-63-66-69-72-75-78-81-85-94-91-88-90(84-8-4)89-92(95-86-82-79-76-73-70-67-64-61-58-55-52-49-46-43-40-37-34-31-28-25-22-19-16-13-10-6-2)93(91)96-87-83-80-77-74-71-68-65-62-59-56-53-50-47-44-41-38-35-32-29-26-23-20-17-14-11-7-3/h88-89H,5-87H2,1-4H3. The molecule has 0 aliphatic heterocycles. The highest BCUT2D eigenvalue weighted by molar-refractivity contribution is 5.54. The smallest absolute Gasteiger partial charge is 0.203 e. The van der Waals surface area contributed by atoms with Gasteiger partial charge in [-0.15, -0.1) is 0 Å². The van der Waals surface area contributed by atoms with E-state index in [0.717, 1.165) is 69.2 Å². The average Bonchev–Trinajstić information content (AvgIpc) is 0.904. The van der Waals surface area contributed by atoms with Crippen molar-refractivity contribution in [3.63, 3.8) is 0 Å². The number of ether oxygens (including phenoxy) is 3. The molecule has 0 aromatic heterocycles. The fourth-order valence-corrected chi connectivity index (χ4v) is 15.2. The monoisotopic (exact) mass is 1350 g/mol. The Labute approximate surface area is 607 Å². The van der Waals surface area contributed by atoms with E-state index >= 15 is 0 Å².